The highest BCUT2D eigenvalue weighted by molar-refractivity contribution is 7.16. The number of fused-ring (bicyclic) bond motifs is 1. The summed E-state index contributed by atoms with van der Waals surface area (Å²) in [5.74, 6) is 0.514. The molecule has 0 unspecified atom stereocenters. The largest absolute Gasteiger partial charge is 0.467 e. The molecule has 2 aromatic heterocycles. The van der Waals surface area contributed by atoms with Crippen molar-refractivity contribution < 1.29 is 14.1 Å². The van der Waals surface area contributed by atoms with Gasteiger partial charge in [-0.3, -0.25) is 14.9 Å². The maximum absolute atomic E-state index is 13.2. The van der Waals surface area contributed by atoms with Gasteiger partial charge in [0.1, 0.15) is 16.4 Å². The van der Waals surface area contributed by atoms with Gasteiger partial charge in [-0.2, -0.15) is 0 Å². The highest BCUT2D eigenvalue weighted by Gasteiger charge is 2.26. The van der Waals surface area contributed by atoms with Gasteiger partial charge in [-0.15, -0.1) is 11.3 Å². The summed E-state index contributed by atoms with van der Waals surface area (Å²) in [5.41, 5.74) is 3.03. The third kappa shape index (κ3) is 5.19. The van der Waals surface area contributed by atoms with Crippen LogP contribution in [0, 0.1) is 10.1 Å². The first-order chi connectivity index (χ1) is 17.5. The number of nitrogens with zero attached hydrogens (tertiary/aromatic N) is 4. The number of amides is 1. The van der Waals surface area contributed by atoms with E-state index < -0.39 is 0 Å². The fourth-order valence-electron chi connectivity index (χ4n) is 4.76. The van der Waals surface area contributed by atoms with Gasteiger partial charge in [0.2, 0.25) is 0 Å². The molecule has 0 bridgehead atoms. The number of benzene rings is 1. The molecule has 1 saturated heterocycles. The summed E-state index contributed by atoms with van der Waals surface area (Å²) >= 11 is 1.54. The molecule has 3 aromatic rings. The molecule has 3 heterocycles. The molecule has 0 radical (unpaired) electrons. The van der Waals surface area contributed by atoms with Crippen molar-refractivity contribution >= 4 is 39.8 Å². The van der Waals surface area contributed by atoms with Crippen LogP contribution in [0.1, 0.15) is 45.0 Å². The summed E-state index contributed by atoms with van der Waals surface area (Å²) in [6.45, 7) is 3.55. The number of thiophene rings is 1. The molecule has 5 rings (SSSR count). The molecule has 0 saturated carbocycles. The molecule has 188 valence electrons. The van der Waals surface area contributed by atoms with Crippen LogP contribution >= 0.6 is 11.3 Å². The van der Waals surface area contributed by atoms with Gasteiger partial charge in [0.05, 0.1) is 23.3 Å². The number of nitrogens with one attached hydrogen (secondary N) is 1. The molecule has 0 atom stereocenters. The van der Waals surface area contributed by atoms with E-state index in [1.807, 2.05) is 12.1 Å². The van der Waals surface area contributed by atoms with Crippen LogP contribution in [-0.4, -0.2) is 55.2 Å². The normalized spacial score (nSPS) is 16.3. The summed E-state index contributed by atoms with van der Waals surface area (Å²) in [6, 6.07) is 8.84. The molecule has 1 fully saturated rings. The van der Waals surface area contributed by atoms with Crippen LogP contribution < -0.4 is 10.2 Å². The fraction of sp³-hybridized carbons (Fsp3) is 0.385. The van der Waals surface area contributed by atoms with E-state index >= 15 is 0 Å². The third-order valence-electron chi connectivity index (χ3n) is 6.75. The first-order valence-electron chi connectivity index (χ1n) is 12.2. The van der Waals surface area contributed by atoms with Crippen molar-refractivity contribution in [2.45, 2.75) is 32.2 Å². The quantitative estimate of drug-likeness (QED) is 0.286. The minimum absolute atomic E-state index is 0.0744. The van der Waals surface area contributed by atoms with Crippen molar-refractivity contribution in [2.75, 3.05) is 38.1 Å². The van der Waals surface area contributed by atoms with Gasteiger partial charge in [0.25, 0.3) is 11.6 Å². The molecule has 36 heavy (non-hydrogen) atoms. The van der Waals surface area contributed by atoms with Gasteiger partial charge in [-0.1, -0.05) is 6.07 Å². The van der Waals surface area contributed by atoms with Gasteiger partial charge in [0, 0.05) is 43.3 Å². The van der Waals surface area contributed by atoms with Crippen LogP contribution in [0.3, 0.4) is 0 Å². The minimum Gasteiger partial charge on any atom is -0.467 e. The van der Waals surface area contributed by atoms with Crippen LogP contribution in [0.15, 0.2) is 46.0 Å². The smallest absolute Gasteiger partial charge is 0.293 e. The molecule has 1 N–H and O–H groups in total. The van der Waals surface area contributed by atoms with Crippen LogP contribution in [0.5, 0.6) is 0 Å². The molecule has 1 amide bonds. The Morgan fingerprint density at radius 2 is 2.03 bits per heavy atom. The predicted molar refractivity (Wildman–Crippen MR) is 141 cm³/mol. The van der Waals surface area contributed by atoms with Gasteiger partial charge in [0.15, 0.2) is 0 Å². The van der Waals surface area contributed by atoms with Crippen LogP contribution in [0.2, 0.25) is 0 Å². The Bertz CT molecular complexity index is 1280. The number of piperazine rings is 1. The van der Waals surface area contributed by atoms with Crippen molar-refractivity contribution in [1.82, 2.24) is 10.2 Å². The zero-order valence-corrected chi connectivity index (χ0v) is 21.1. The molecule has 1 aliphatic carbocycles. The van der Waals surface area contributed by atoms with E-state index in [2.05, 4.69) is 27.2 Å². The van der Waals surface area contributed by atoms with Crippen LogP contribution in [0.25, 0.3) is 0 Å². The van der Waals surface area contributed by atoms with E-state index in [0.29, 0.717) is 34.1 Å². The second-order valence-electron chi connectivity index (χ2n) is 9.21. The maximum atomic E-state index is 13.2. The lowest BCUT2D eigenvalue weighted by Gasteiger charge is -2.33. The van der Waals surface area contributed by atoms with Crippen LogP contribution in [0.4, 0.5) is 16.4 Å². The Hall–Kier alpha value is -3.50. The number of anilines is 1. The number of aliphatic imine (C=N–C) groups is 1. The molecule has 2 aliphatic rings. The lowest BCUT2D eigenvalue weighted by molar-refractivity contribution is -0.384. The number of furan rings is 1. The first kappa shape index (κ1) is 24.2. The summed E-state index contributed by atoms with van der Waals surface area (Å²) in [6.07, 6.45) is 7.16. The summed E-state index contributed by atoms with van der Waals surface area (Å²) < 4.78 is 5.34. The Kier molecular flexibility index (Phi) is 7.15. The highest BCUT2D eigenvalue weighted by atomic mass is 32.1. The predicted octanol–water partition coefficient (Wildman–Crippen LogP) is 4.56. The number of hydrogen-bond acceptors (Lipinski definition) is 8. The average molecular weight is 508 g/mol. The third-order valence-corrected chi connectivity index (χ3v) is 7.95. The summed E-state index contributed by atoms with van der Waals surface area (Å²) in [4.78, 5) is 34.9. The Morgan fingerprint density at radius 3 is 2.78 bits per heavy atom. The standard InChI is InChI=1S/C26H29N5O4S/c1-29-10-12-30(13-11-29)21-9-8-18(15-22(21)31(33)34)16-28-26-24(20-6-2-3-7-23(20)36-26)25(32)27-17-19-5-4-14-35-19/h4-5,8-9,14-16H,2-3,6-7,10-13,17H2,1H3,(H,27,32). The Balaban J connectivity index is 1.41. The lowest BCUT2D eigenvalue weighted by Crippen LogP contribution is -2.44. The Labute approximate surface area is 213 Å². The zero-order chi connectivity index (χ0) is 25.1. The lowest BCUT2D eigenvalue weighted by atomic mass is 9.95. The number of rotatable bonds is 7. The highest BCUT2D eigenvalue weighted by Crippen LogP contribution is 2.40. The molecule has 9 nitrogen and oxygen atoms in total. The van der Waals surface area contributed by atoms with Crippen molar-refractivity contribution in [2.24, 2.45) is 4.99 Å². The van der Waals surface area contributed by atoms with E-state index in [0.717, 1.165) is 57.4 Å². The van der Waals surface area contributed by atoms with E-state index in [9.17, 15) is 14.9 Å². The van der Waals surface area contributed by atoms with Gasteiger partial charge < -0.3 is 19.5 Å². The Morgan fingerprint density at radius 1 is 1.22 bits per heavy atom. The second kappa shape index (κ2) is 10.6. The van der Waals surface area contributed by atoms with E-state index in [-0.39, 0.29) is 16.5 Å². The number of nitro benzene ring substituents is 1. The SMILES string of the molecule is CN1CCN(c2ccc(C=Nc3sc4c(c3C(=O)NCc3ccco3)CCCC4)cc2[N+](=O)[O-])CC1. The molecule has 0 spiro atoms. The number of hydrogen-bond donors (Lipinski definition) is 1. The second-order valence-corrected chi connectivity index (χ2v) is 10.3. The van der Waals surface area contributed by atoms with E-state index in [1.165, 1.54) is 4.88 Å². The van der Waals surface area contributed by atoms with Crippen molar-refractivity contribution in [1.29, 1.82) is 0 Å². The average Bonchev–Trinajstić information content (AvgIpc) is 3.54. The molecule has 10 heteroatoms. The van der Waals surface area contributed by atoms with Crippen LogP contribution in [-0.2, 0) is 19.4 Å². The summed E-state index contributed by atoms with van der Waals surface area (Å²) in [5, 5.41) is 15.5. The fourth-order valence-corrected chi connectivity index (χ4v) is 5.99. The molecule has 1 aliphatic heterocycles. The number of likely N-dealkylation sites (N-methyl/N-ethyl adjacent to an activating group) is 1. The van der Waals surface area contributed by atoms with Gasteiger partial charge in [-0.25, -0.2) is 4.99 Å². The van der Waals surface area contributed by atoms with Crippen molar-refractivity contribution in [3.8, 4) is 0 Å². The monoisotopic (exact) mass is 507 g/mol. The molecular formula is C26H29N5O4S. The number of carbonyl (C=O) groups is 1. The topological polar surface area (TPSA) is 104 Å². The number of aryl methyl sites for hydroxylation is 1. The maximum Gasteiger partial charge on any atom is 0.293 e. The van der Waals surface area contributed by atoms with Gasteiger partial charge in [-0.05, 0) is 62.1 Å². The van der Waals surface area contributed by atoms with Crippen molar-refractivity contribution in [3.63, 3.8) is 0 Å². The minimum atomic E-state index is -0.331. The number of nitro groups is 1. The zero-order valence-electron chi connectivity index (χ0n) is 20.2. The molecule has 1 aromatic carbocycles. The van der Waals surface area contributed by atoms with E-state index in [4.69, 9.17) is 4.42 Å². The summed E-state index contributed by atoms with van der Waals surface area (Å²) in [7, 11) is 2.05. The van der Waals surface area contributed by atoms with E-state index in [1.54, 1.807) is 42.0 Å². The van der Waals surface area contributed by atoms with Crippen molar-refractivity contribution in [3.05, 3.63) is 74.0 Å². The molecular weight excluding hydrogens is 478 g/mol. The number of carbonyl (C=O) groups excluding carboxylic acids is 1. The first-order valence-corrected chi connectivity index (χ1v) is 13.0. The van der Waals surface area contributed by atoms with Gasteiger partial charge >= 0.3 is 0 Å².